The Labute approximate surface area is 217 Å². The number of hydrogen-bond acceptors (Lipinski definition) is 6. The van der Waals surface area contributed by atoms with Crippen LogP contribution in [0.1, 0.15) is 59.1 Å². The summed E-state index contributed by atoms with van der Waals surface area (Å²) in [6, 6.07) is 10.6. The fourth-order valence-electron chi connectivity index (χ4n) is 4.73. The Bertz CT molecular complexity index is 1200. The Morgan fingerprint density at radius 1 is 1.19 bits per heavy atom. The largest absolute Gasteiger partial charge is 0.493 e. The zero-order valence-electron chi connectivity index (χ0n) is 20.5. The van der Waals surface area contributed by atoms with Crippen molar-refractivity contribution in [3.63, 3.8) is 0 Å². The maximum Gasteiger partial charge on any atom is 0.267 e. The van der Waals surface area contributed by atoms with Gasteiger partial charge in [0.05, 0.1) is 31.1 Å². The lowest BCUT2D eigenvalue weighted by Crippen LogP contribution is -2.39. The van der Waals surface area contributed by atoms with Gasteiger partial charge in [-0.25, -0.2) is 17.5 Å². The van der Waals surface area contributed by atoms with E-state index in [9.17, 15) is 17.6 Å². The summed E-state index contributed by atoms with van der Waals surface area (Å²) in [6.07, 6.45) is 4.57. The molecule has 1 aliphatic heterocycles. The minimum Gasteiger partial charge on any atom is -0.493 e. The van der Waals surface area contributed by atoms with Crippen LogP contribution in [0.2, 0.25) is 5.02 Å². The SMILES string of the molecule is COCC(c1cccc(Cl)c1)N1CCC(COc2cc(F)c(C(=O)NS(C)(=O)=O)cc2C2CC2)CC1. The molecule has 2 aromatic carbocycles. The first kappa shape index (κ1) is 26.9. The van der Waals surface area contributed by atoms with E-state index in [1.807, 2.05) is 22.9 Å². The molecule has 10 heteroatoms. The van der Waals surface area contributed by atoms with Gasteiger partial charge in [0, 0.05) is 18.2 Å². The predicted octanol–water partition coefficient (Wildman–Crippen LogP) is 4.52. The van der Waals surface area contributed by atoms with Crippen molar-refractivity contribution >= 4 is 27.5 Å². The molecule has 0 radical (unpaired) electrons. The molecule has 196 valence electrons. The number of carbonyl (C=O) groups is 1. The number of amides is 1. The van der Waals surface area contributed by atoms with Gasteiger partial charge < -0.3 is 9.47 Å². The van der Waals surface area contributed by atoms with Crippen molar-refractivity contribution in [3.8, 4) is 5.75 Å². The number of hydrogen-bond donors (Lipinski definition) is 1. The van der Waals surface area contributed by atoms with E-state index in [0.29, 0.717) is 29.9 Å². The molecule has 1 saturated heterocycles. The van der Waals surface area contributed by atoms with Crippen LogP contribution >= 0.6 is 11.6 Å². The van der Waals surface area contributed by atoms with Crippen molar-refractivity contribution in [1.29, 1.82) is 0 Å². The Kier molecular flexibility index (Phi) is 8.55. The Morgan fingerprint density at radius 2 is 1.92 bits per heavy atom. The molecule has 1 heterocycles. The Hall–Kier alpha value is -2.20. The van der Waals surface area contributed by atoms with E-state index in [0.717, 1.165) is 56.2 Å². The number of likely N-dealkylation sites (tertiary alicyclic amines) is 1. The number of carbonyl (C=O) groups excluding carboxylic acids is 1. The molecular weight excluding hydrogens is 507 g/mol. The van der Waals surface area contributed by atoms with Gasteiger partial charge in [0.1, 0.15) is 11.6 Å². The van der Waals surface area contributed by atoms with Gasteiger partial charge in [0.15, 0.2) is 0 Å². The maximum absolute atomic E-state index is 14.7. The number of nitrogens with one attached hydrogen (secondary N) is 1. The average molecular weight is 539 g/mol. The van der Waals surface area contributed by atoms with E-state index in [1.54, 1.807) is 7.11 Å². The summed E-state index contributed by atoms with van der Waals surface area (Å²) in [4.78, 5) is 14.7. The second-order valence-electron chi connectivity index (χ2n) is 9.66. The van der Waals surface area contributed by atoms with Crippen LogP contribution in [0.5, 0.6) is 5.75 Å². The fraction of sp³-hybridized carbons (Fsp3) is 0.500. The van der Waals surface area contributed by atoms with Crippen LogP contribution in [0.25, 0.3) is 0 Å². The third-order valence-corrected chi connectivity index (χ3v) is 7.55. The fourth-order valence-corrected chi connectivity index (χ4v) is 5.38. The van der Waals surface area contributed by atoms with Crippen LogP contribution in [0.3, 0.4) is 0 Å². The predicted molar refractivity (Wildman–Crippen MR) is 137 cm³/mol. The number of benzene rings is 2. The van der Waals surface area contributed by atoms with Gasteiger partial charge >= 0.3 is 0 Å². The highest BCUT2D eigenvalue weighted by molar-refractivity contribution is 7.89. The molecule has 1 aliphatic carbocycles. The van der Waals surface area contributed by atoms with Crippen LogP contribution in [-0.2, 0) is 14.8 Å². The highest BCUT2D eigenvalue weighted by atomic mass is 35.5. The third kappa shape index (κ3) is 6.97. The van der Waals surface area contributed by atoms with Gasteiger partial charge in [-0.2, -0.15) is 0 Å². The summed E-state index contributed by atoms with van der Waals surface area (Å²) in [6.45, 7) is 2.78. The second-order valence-corrected chi connectivity index (χ2v) is 11.8. The third-order valence-electron chi connectivity index (χ3n) is 6.76. The van der Waals surface area contributed by atoms with E-state index in [2.05, 4.69) is 11.0 Å². The quantitative estimate of drug-likeness (QED) is 0.478. The van der Waals surface area contributed by atoms with Crippen LogP contribution in [0.4, 0.5) is 4.39 Å². The summed E-state index contributed by atoms with van der Waals surface area (Å²) in [5.74, 6) is -0.827. The van der Waals surface area contributed by atoms with E-state index in [4.69, 9.17) is 21.1 Å². The van der Waals surface area contributed by atoms with Gasteiger partial charge in [0.2, 0.25) is 10.0 Å². The first-order valence-electron chi connectivity index (χ1n) is 12.1. The minimum absolute atomic E-state index is 0.122. The normalized spacial score (nSPS) is 18.1. The standard InChI is InChI=1S/C26H32ClFN2O5S/c1-34-16-24(19-4-3-5-20(27)12-19)30-10-8-17(9-11-30)15-35-25-14-23(28)22(13-21(25)18-6-7-18)26(31)29-36(2,32)33/h3-5,12-14,17-18,24H,6-11,15-16H2,1-2H3,(H,29,31). The molecule has 1 N–H and O–H groups in total. The average Bonchev–Trinajstić information content (AvgIpc) is 3.66. The van der Waals surface area contributed by atoms with Crippen molar-refractivity contribution < 1.29 is 27.1 Å². The topological polar surface area (TPSA) is 84.9 Å². The number of ether oxygens (including phenoxy) is 2. The lowest BCUT2D eigenvalue weighted by atomic mass is 9.95. The van der Waals surface area contributed by atoms with Crippen LogP contribution in [-0.4, -0.2) is 58.9 Å². The second kappa shape index (κ2) is 11.5. The van der Waals surface area contributed by atoms with Gasteiger partial charge in [-0.1, -0.05) is 23.7 Å². The van der Waals surface area contributed by atoms with E-state index in [-0.39, 0.29) is 17.5 Å². The maximum atomic E-state index is 14.7. The molecule has 2 aromatic rings. The highest BCUT2D eigenvalue weighted by Crippen LogP contribution is 2.45. The van der Waals surface area contributed by atoms with Crippen molar-refractivity contribution in [2.24, 2.45) is 5.92 Å². The first-order chi connectivity index (χ1) is 17.1. The number of rotatable bonds is 10. The summed E-state index contributed by atoms with van der Waals surface area (Å²) in [7, 11) is -2.09. The molecule has 2 fully saturated rings. The van der Waals surface area contributed by atoms with Crippen LogP contribution < -0.4 is 9.46 Å². The van der Waals surface area contributed by atoms with Gasteiger partial charge in [0.25, 0.3) is 5.91 Å². The van der Waals surface area contributed by atoms with Crippen molar-refractivity contribution in [1.82, 2.24) is 9.62 Å². The number of nitrogens with zero attached hydrogens (tertiary/aromatic N) is 1. The number of sulfonamides is 1. The molecule has 7 nitrogen and oxygen atoms in total. The molecule has 0 bridgehead atoms. The molecule has 36 heavy (non-hydrogen) atoms. The number of halogens is 2. The molecule has 1 atom stereocenters. The monoisotopic (exact) mass is 538 g/mol. The van der Waals surface area contributed by atoms with Crippen LogP contribution in [0.15, 0.2) is 36.4 Å². The molecule has 0 spiro atoms. The van der Waals surface area contributed by atoms with Gasteiger partial charge in [-0.15, -0.1) is 0 Å². The van der Waals surface area contributed by atoms with E-state index >= 15 is 0 Å². The number of methoxy groups -OCH3 is 1. The number of piperidine rings is 1. The van der Waals surface area contributed by atoms with E-state index < -0.39 is 21.7 Å². The molecule has 1 saturated carbocycles. The molecule has 1 unspecified atom stereocenters. The smallest absolute Gasteiger partial charge is 0.267 e. The first-order valence-corrected chi connectivity index (χ1v) is 14.4. The molecule has 4 rings (SSSR count). The van der Waals surface area contributed by atoms with E-state index in [1.165, 1.54) is 12.1 Å². The van der Waals surface area contributed by atoms with Gasteiger partial charge in [-0.3, -0.25) is 9.69 Å². The summed E-state index contributed by atoms with van der Waals surface area (Å²) in [5, 5.41) is 0.704. The minimum atomic E-state index is -3.79. The van der Waals surface area contributed by atoms with Gasteiger partial charge in [-0.05, 0) is 79.9 Å². The molecule has 2 aliphatic rings. The Balaban J connectivity index is 1.39. The van der Waals surface area contributed by atoms with Crippen LogP contribution in [0, 0.1) is 11.7 Å². The summed E-state index contributed by atoms with van der Waals surface area (Å²) in [5.41, 5.74) is 1.60. The van der Waals surface area contributed by atoms with Crippen molar-refractivity contribution in [3.05, 3.63) is 63.9 Å². The highest BCUT2D eigenvalue weighted by Gasteiger charge is 2.31. The molecule has 0 aromatic heterocycles. The Morgan fingerprint density at radius 3 is 2.53 bits per heavy atom. The van der Waals surface area contributed by atoms with Crippen molar-refractivity contribution in [2.75, 3.05) is 39.7 Å². The molecule has 1 amide bonds. The summed E-state index contributed by atoms with van der Waals surface area (Å²) >= 11 is 6.20. The van der Waals surface area contributed by atoms with Crippen molar-refractivity contribution in [2.45, 2.75) is 37.6 Å². The zero-order valence-corrected chi connectivity index (χ0v) is 22.1. The zero-order chi connectivity index (χ0) is 25.9. The lowest BCUT2D eigenvalue weighted by Gasteiger charge is -2.37. The summed E-state index contributed by atoms with van der Waals surface area (Å²) < 4.78 is 51.0. The lowest BCUT2D eigenvalue weighted by molar-refractivity contribution is 0.0556. The molecular formula is C26H32ClFN2O5S.